The van der Waals surface area contributed by atoms with Crippen LogP contribution < -0.4 is 10.0 Å². The Kier molecular flexibility index (Phi) is 8.12. The van der Waals surface area contributed by atoms with Crippen LogP contribution in [0.2, 0.25) is 5.02 Å². The standard InChI is InChI=1S/C23H28ClN3O3S/c1-2-15-27-16-13-19(14-17-27)25-23(28)12-9-18-7-10-20(11-8-18)31(29,30)26-22-6-4-3-5-21(22)24/h3-12,19,26H,2,13-17H2,1H3,(H,25,28)/b12-9+. The van der Waals surface area contributed by atoms with Crippen LogP contribution >= 0.6 is 11.6 Å². The van der Waals surface area contributed by atoms with Gasteiger partial charge in [-0.1, -0.05) is 42.8 Å². The number of anilines is 1. The van der Waals surface area contributed by atoms with E-state index < -0.39 is 10.0 Å². The molecule has 1 aliphatic rings. The highest BCUT2D eigenvalue weighted by Gasteiger charge is 2.19. The Morgan fingerprint density at radius 3 is 2.45 bits per heavy atom. The van der Waals surface area contributed by atoms with E-state index in [9.17, 15) is 13.2 Å². The van der Waals surface area contributed by atoms with Crippen LogP contribution in [0.1, 0.15) is 31.7 Å². The second-order valence-corrected chi connectivity index (χ2v) is 9.70. The summed E-state index contributed by atoms with van der Waals surface area (Å²) in [6.45, 7) is 5.32. The molecule has 0 atom stereocenters. The normalized spacial score (nSPS) is 15.8. The molecule has 0 saturated carbocycles. The Morgan fingerprint density at radius 1 is 1.13 bits per heavy atom. The highest BCUT2D eigenvalue weighted by Crippen LogP contribution is 2.24. The minimum atomic E-state index is -3.75. The van der Waals surface area contributed by atoms with Crippen molar-refractivity contribution < 1.29 is 13.2 Å². The Balaban J connectivity index is 1.54. The fourth-order valence-electron chi connectivity index (χ4n) is 3.54. The third kappa shape index (κ3) is 6.82. The number of para-hydroxylation sites is 1. The summed E-state index contributed by atoms with van der Waals surface area (Å²) in [6.07, 6.45) is 6.24. The molecule has 0 aliphatic carbocycles. The molecule has 3 rings (SSSR count). The second kappa shape index (κ2) is 10.8. The summed E-state index contributed by atoms with van der Waals surface area (Å²) >= 11 is 6.03. The van der Waals surface area contributed by atoms with Gasteiger partial charge in [0, 0.05) is 25.2 Å². The lowest BCUT2D eigenvalue weighted by molar-refractivity contribution is -0.117. The maximum absolute atomic E-state index is 12.6. The van der Waals surface area contributed by atoms with Gasteiger partial charge in [-0.25, -0.2) is 8.42 Å². The number of halogens is 1. The number of hydrogen-bond acceptors (Lipinski definition) is 4. The zero-order chi connectivity index (χ0) is 22.3. The van der Waals surface area contributed by atoms with Crippen LogP contribution in [0.25, 0.3) is 6.08 Å². The van der Waals surface area contributed by atoms with Gasteiger partial charge in [0.2, 0.25) is 5.91 Å². The summed E-state index contributed by atoms with van der Waals surface area (Å²) in [5.74, 6) is -0.133. The zero-order valence-electron chi connectivity index (χ0n) is 17.6. The summed E-state index contributed by atoms with van der Waals surface area (Å²) < 4.78 is 27.6. The van der Waals surface area contributed by atoms with Crippen molar-refractivity contribution in [1.82, 2.24) is 10.2 Å². The van der Waals surface area contributed by atoms with E-state index in [4.69, 9.17) is 11.6 Å². The smallest absolute Gasteiger partial charge is 0.261 e. The summed E-state index contributed by atoms with van der Waals surface area (Å²) in [6, 6.07) is 13.2. The molecule has 1 amide bonds. The van der Waals surface area contributed by atoms with Crippen molar-refractivity contribution in [3.63, 3.8) is 0 Å². The number of piperidine rings is 1. The number of carbonyl (C=O) groups is 1. The van der Waals surface area contributed by atoms with Gasteiger partial charge in [0.25, 0.3) is 10.0 Å². The molecule has 1 aliphatic heterocycles. The highest BCUT2D eigenvalue weighted by atomic mass is 35.5. The van der Waals surface area contributed by atoms with E-state index in [1.807, 2.05) is 0 Å². The molecule has 2 aromatic rings. The van der Waals surface area contributed by atoms with E-state index in [0.29, 0.717) is 10.7 Å². The van der Waals surface area contributed by atoms with Crippen LogP contribution in [0.4, 0.5) is 5.69 Å². The molecule has 1 saturated heterocycles. The van der Waals surface area contributed by atoms with Crippen molar-refractivity contribution in [2.24, 2.45) is 0 Å². The van der Waals surface area contributed by atoms with Crippen molar-refractivity contribution in [2.75, 3.05) is 24.4 Å². The number of likely N-dealkylation sites (tertiary alicyclic amines) is 1. The number of rotatable bonds is 8. The molecule has 2 aromatic carbocycles. The second-order valence-electron chi connectivity index (χ2n) is 7.61. The Morgan fingerprint density at radius 2 is 1.81 bits per heavy atom. The molecule has 166 valence electrons. The van der Waals surface area contributed by atoms with Gasteiger partial charge in [-0.3, -0.25) is 9.52 Å². The topological polar surface area (TPSA) is 78.5 Å². The maximum atomic E-state index is 12.6. The molecule has 8 heteroatoms. The third-order valence-corrected chi connectivity index (χ3v) is 6.92. The van der Waals surface area contributed by atoms with Gasteiger partial charge in [0.05, 0.1) is 15.6 Å². The first-order chi connectivity index (χ1) is 14.9. The Hall–Kier alpha value is -2.35. The van der Waals surface area contributed by atoms with E-state index in [1.165, 1.54) is 18.2 Å². The van der Waals surface area contributed by atoms with Gasteiger partial charge in [0.15, 0.2) is 0 Å². The number of nitrogens with zero attached hydrogens (tertiary/aromatic N) is 1. The Bertz CT molecular complexity index is 1010. The number of amides is 1. The van der Waals surface area contributed by atoms with Gasteiger partial charge >= 0.3 is 0 Å². The van der Waals surface area contributed by atoms with E-state index in [2.05, 4.69) is 21.9 Å². The fourth-order valence-corrected chi connectivity index (χ4v) is 4.86. The molecule has 2 N–H and O–H groups in total. The summed E-state index contributed by atoms with van der Waals surface area (Å²) in [5, 5.41) is 3.38. The molecule has 0 spiro atoms. The lowest BCUT2D eigenvalue weighted by Gasteiger charge is -2.31. The first-order valence-corrected chi connectivity index (χ1v) is 12.3. The minimum Gasteiger partial charge on any atom is -0.350 e. The first-order valence-electron chi connectivity index (χ1n) is 10.5. The predicted octanol–water partition coefficient (Wildman–Crippen LogP) is 4.14. The van der Waals surface area contributed by atoms with Gasteiger partial charge in [-0.05, 0) is 61.7 Å². The molecule has 0 aromatic heterocycles. The summed E-state index contributed by atoms with van der Waals surface area (Å²) in [4.78, 5) is 14.8. The summed E-state index contributed by atoms with van der Waals surface area (Å²) in [7, 11) is -3.75. The molecular weight excluding hydrogens is 434 g/mol. The lowest BCUT2D eigenvalue weighted by atomic mass is 10.0. The van der Waals surface area contributed by atoms with Crippen molar-refractivity contribution in [3.8, 4) is 0 Å². The first kappa shape index (κ1) is 23.3. The molecular formula is C23H28ClN3O3S. The van der Waals surface area contributed by atoms with E-state index in [0.717, 1.165) is 44.5 Å². The van der Waals surface area contributed by atoms with Gasteiger partial charge in [0.1, 0.15) is 0 Å². The van der Waals surface area contributed by atoms with Crippen molar-refractivity contribution >= 4 is 39.3 Å². The predicted molar refractivity (Wildman–Crippen MR) is 126 cm³/mol. The molecule has 0 unspecified atom stereocenters. The maximum Gasteiger partial charge on any atom is 0.261 e. The van der Waals surface area contributed by atoms with E-state index in [-0.39, 0.29) is 16.8 Å². The number of hydrogen-bond donors (Lipinski definition) is 2. The summed E-state index contributed by atoms with van der Waals surface area (Å²) in [5.41, 5.74) is 1.06. The van der Waals surface area contributed by atoms with Gasteiger partial charge in [-0.2, -0.15) is 0 Å². The Labute approximate surface area is 189 Å². The molecule has 6 nitrogen and oxygen atoms in total. The minimum absolute atomic E-state index is 0.118. The average Bonchev–Trinajstić information content (AvgIpc) is 2.76. The van der Waals surface area contributed by atoms with E-state index >= 15 is 0 Å². The van der Waals surface area contributed by atoms with Gasteiger partial charge in [-0.15, -0.1) is 0 Å². The van der Waals surface area contributed by atoms with Crippen LogP contribution in [-0.4, -0.2) is 44.9 Å². The average molecular weight is 462 g/mol. The quantitative estimate of drug-likeness (QED) is 0.579. The monoisotopic (exact) mass is 461 g/mol. The van der Waals surface area contributed by atoms with Crippen LogP contribution in [-0.2, 0) is 14.8 Å². The number of sulfonamides is 1. The molecule has 1 fully saturated rings. The molecule has 31 heavy (non-hydrogen) atoms. The third-order valence-electron chi connectivity index (χ3n) is 5.21. The number of benzene rings is 2. The molecule has 0 radical (unpaired) electrons. The van der Waals surface area contributed by atoms with Crippen molar-refractivity contribution in [2.45, 2.75) is 37.1 Å². The number of nitrogens with one attached hydrogen (secondary N) is 2. The van der Waals surface area contributed by atoms with Crippen molar-refractivity contribution in [1.29, 1.82) is 0 Å². The SMILES string of the molecule is CCCN1CCC(NC(=O)/C=C/c2ccc(S(=O)(=O)Nc3ccccc3Cl)cc2)CC1. The van der Waals surface area contributed by atoms with Crippen LogP contribution in [0.5, 0.6) is 0 Å². The van der Waals surface area contributed by atoms with Crippen molar-refractivity contribution in [3.05, 3.63) is 65.2 Å². The largest absolute Gasteiger partial charge is 0.350 e. The zero-order valence-corrected chi connectivity index (χ0v) is 19.1. The lowest BCUT2D eigenvalue weighted by Crippen LogP contribution is -2.44. The van der Waals surface area contributed by atoms with E-state index in [1.54, 1.807) is 42.5 Å². The van der Waals surface area contributed by atoms with Crippen LogP contribution in [0.15, 0.2) is 59.5 Å². The molecule has 0 bridgehead atoms. The van der Waals surface area contributed by atoms with Gasteiger partial charge < -0.3 is 10.2 Å². The van der Waals surface area contributed by atoms with Crippen LogP contribution in [0.3, 0.4) is 0 Å². The molecule has 1 heterocycles. The number of carbonyl (C=O) groups excluding carboxylic acids is 1. The van der Waals surface area contributed by atoms with Crippen LogP contribution in [0, 0.1) is 0 Å². The fraction of sp³-hybridized carbons (Fsp3) is 0.348. The highest BCUT2D eigenvalue weighted by molar-refractivity contribution is 7.92.